The Morgan fingerprint density at radius 3 is 2.12 bits per heavy atom. The Bertz CT molecular complexity index is 1190. The summed E-state index contributed by atoms with van der Waals surface area (Å²) >= 11 is 1.53. The van der Waals surface area contributed by atoms with Gasteiger partial charge in [0.25, 0.3) is 10.0 Å². The molecule has 1 amide bonds. The van der Waals surface area contributed by atoms with Crippen molar-refractivity contribution >= 4 is 39.1 Å². The lowest BCUT2D eigenvalue weighted by atomic mass is 10.1. The van der Waals surface area contributed by atoms with Crippen LogP contribution in [-0.2, 0) is 14.8 Å². The summed E-state index contributed by atoms with van der Waals surface area (Å²) in [6.07, 6.45) is 1.92. The highest BCUT2D eigenvalue weighted by atomic mass is 32.2. The van der Waals surface area contributed by atoms with Gasteiger partial charge in [-0.2, -0.15) is 0 Å². The van der Waals surface area contributed by atoms with Gasteiger partial charge < -0.3 is 10.1 Å². The lowest BCUT2D eigenvalue weighted by Crippen LogP contribution is -2.38. The van der Waals surface area contributed by atoms with E-state index in [9.17, 15) is 13.2 Å². The second kappa shape index (κ2) is 10.8. The van der Waals surface area contributed by atoms with Crippen molar-refractivity contribution in [1.29, 1.82) is 0 Å². The highest BCUT2D eigenvalue weighted by Crippen LogP contribution is 2.28. The minimum absolute atomic E-state index is 0.119. The third kappa shape index (κ3) is 5.89. The molecule has 0 saturated heterocycles. The number of para-hydroxylation sites is 1. The summed E-state index contributed by atoms with van der Waals surface area (Å²) in [5.74, 6) is 0.202. The van der Waals surface area contributed by atoms with Gasteiger partial charge in [0.2, 0.25) is 5.91 Å². The SMILES string of the molecule is CCOc1ccc(N(CC(=O)Nc2c(C)cccc2C)S(=O)(=O)c2ccc(SC)cc2)cc1. The number of aryl methyl sites for hydroxylation is 2. The number of hydrogen-bond acceptors (Lipinski definition) is 5. The van der Waals surface area contributed by atoms with E-state index in [4.69, 9.17) is 4.74 Å². The summed E-state index contributed by atoms with van der Waals surface area (Å²) in [5, 5.41) is 2.88. The molecule has 0 aromatic heterocycles. The Kier molecular flexibility index (Phi) is 8.05. The smallest absolute Gasteiger partial charge is 0.264 e. The quantitative estimate of drug-likeness (QED) is 0.420. The second-order valence-corrected chi connectivity index (χ2v) is 10.2. The van der Waals surface area contributed by atoms with E-state index >= 15 is 0 Å². The van der Waals surface area contributed by atoms with Gasteiger partial charge in [-0.25, -0.2) is 8.42 Å². The molecule has 3 rings (SSSR count). The van der Waals surface area contributed by atoms with Crippen molar-refractivity contribution in [3.05, 3.63) is 77.9 Å². The molecule has 0 atom stereocenters. The average Bonchev–Trinajstić information content (AvgIpc) is 2.81. The lowest BCUT2D eigenvalue weighted by Gasteiger charge is -2.25. The molecule has 8 heteroatoms. The summed E-state index contributed by atoms with van der Waals surface area (Å²) in [6, 6.07) is 19.0. The van der Waals surface area contributed by atoms with Crippen LogP contribution in [0, 0.1) is 13.8 Å². The highest BCUT2D eigenvalue weighted by molar-refractivity contribution is 7.98. The molecule has 33 heavy (non-hydrogen) atoms. The third-order valence-corrected chi connectivity index (χ3v) is 7.65. The van der Waals surface area contributed by atoms with E-state index in [1.165, 1.54) is 11.8 Å². The maximum atomic E-state index is 13.6. The number of benzene rings is 3. The molecule has 0 heterocycles. The van der Waals surface area contributed by atoms with Crippen molar-refractivity contribution in [1.82, 2.24) is 0 Å². The third-order valence-electron chi connectivity index (χ3n) is 5.12. The van der Waals surface area contributed by atoms with Crippen molar-refractivity contribution in [3.63, 3.8) is 0 Å². The number of amides is 1. The van der Waals surface area contributed by atoms with Crippen LogP contribution in [0.15, 0.2) is 76.5 Å². The Morgan fingerprint density at radius 2 is 1.58 bits per heavy atom. The van der Waals surface area contributed by atoms with Gasteiger partial charge in [0.15, 0.2) is 0 Å². The first-order valence-corrected chi connectivity index (χ1v) is 13.2. The first-order valence-electron chi connectivity index (χ1n) is 10.5. The zero-order valence-corrected chi connectivity index (χ0v) is 20.8. The van der Waals surface area contributed by atoms with E-state index < -0.39 is 15.9 Å². The summed E-state index contributed by atoms with van der Waals surface area (Å²) in [4.78, 5) is 14.1. The Labute approximate surface area is 200 Å². The standard InChI is InChI=1S/C25H28N2O4S2/c1-5-31-21-11-9-20(10-12-21)27(33(29,30)23-15-13-22(32-4)14-16-23)17-24(28)26-25-18(2)7-6-8-19(25)3/h6-16H,5,17H2,1-4H3,(H,26,28). The van der Waals surface area contributed by atoms with Crippen LogP contribution in [0.5, 0.6) is 5.75 Å². The molecule has 1 N–H and O–H groups in total. The van der Waals surface area contributed by atoms with Crippen LogP contribution in [0.4, 0.5) is 11.4 Å². The van der Waals surface area contributed by atoms with Gasteiger partial charge in [0, 0.05) is 10.6 Å². The van der Waals surface area contributed by atoms with Crippen LogP contribution < -0.4 is 14.4 Å². The van der Waals surface area contributed by atoms with Crippen LogP contribution in [0.1, 0.15) is 18.1 Å². The molecule has 0 aliphatic carbocycles. The Morgan fingerprint density at radius 1 is 0.970 bits per heavy atom. The largest absolute Gasteiger partial charge is 0.494 e. The number of carbonyl (C=O) groups is 1. The number of nitrogens with zero attached hydrogens (tertiary/aromatic N) is 1. The first kappa shape index (κ1) is 24.7. The number of thioether (sulfide) groups is 1. The highest BCUT2D eigenvalue weighted by Gasteiger charge is 2.27. The molecule has 0 fully saturated rings. The molecule has 0 spiro atoms. The molecule has 0 radical (unpaired) electrons. The van der Waals surface area contributed by atoms with E-state index in [0.717, 1.165) is 20.3 Å². The Hall–Kier alpha value is -2.97. The molecule has 0 bridgehead atoms. The predicted octanol–water partition coefficient (Wildman–Crippen LogP) is 5.26. The lowest BCUT2D eigenvalue weighted by molar-refractivity contribution is -0.114. The van der Waals surface area contributed by atoms with Gasteiger partial charge in [-0.1, -0.05) is 18.2 Å². The molecule has 0 aliphatic rings. The molecule has 174 valence electrons. The summed E-state index contributed by atoms with van der Waals surface area (Å²) < 4.78 is 33.7. The summed E-state index contributed by atoms with van der Waals surface area (Å²) in [6.45, 7) is 5.81. The van der Waals surface area contributed by atoms with Gasteiger partial charge in [-0.15, -0.1) is 11.8 Å². The van der Waals surface area contributed by atoms with Crippen LogP contribution in [-0.4, -0.2) is 33.7 Å². The van der Waals surface area contributed by atoms with Crippen LogP contribution in [0.3, 0.4) is 0 Å². The zero-order valence-electron chi connectivity index (χ0n) is 19.2. The van der Waals surface area contributed by atoms with Gasteiger partial charge in [-0.3, -0.25) is 9.10 Å². The number of ether oxygens (including phenoxy) is 1. The predicted molar refractivity (Wildman–Crippen MR) is 135 cm³/mol. The van der Waals surface area contributed by atoms with Crippen molar-refractivity contribution < 1.29 is 17.9 Å². The number of hydrogen-bond donors (Lipinski definition) is 1. The topological polar surface area (TPSA) is 75.7 Å². The number of sulfonamides is 1. The monoisotopic (exact) mass is 484 g/mol. The molecule has 0 saturated carbocycles. The zero-order chi connectivity index (χ0) is 24.0. The maximum Gasteiger partial charge on any atom is 0.264 e. The first-order chi connectivity index (χ1) is 15.8. The minimum atomic E-state index is -3.99. The molecule has 6 nitrogen and oxygen atoms in total. The molecule has 0 aliphatic heterocycles. The van der Waals surface area contributed by atoms with E-state index in [0.29, 0.717) is 23.7 Å². The molecule has 3 aromatic carbocycles. The second-order valence-electron chi connectivity index (χ2n) is 7.43. The fraction of sp³-hybridized carbons (Fsp3) is 0.240. The molecule has 3 aromatic rings. The number of nitrogens with one attached hydrogen (secondary N) is 1. The molecular formula is C25H28N2O4S2. The fourth-order valence-corrected chi connectivity index (χ4v) is 5.22. The average molecular weight is 485 g/mol. The van der Waals surface area contributed by atoms with Gasteiger partial charge in [-0.05, 0) is 86.7 Å². The van der Waals surface area contributed by atoms with Crippen LogP contribution in [0.2, 0.25) is 0 Å². The van der Waals surface area contributed by atoms with E-state index in [2.05, 4.69) is 5.32 Å². The molecular weight excluding hydrogens is 456 g/mol. The number of anilines is 2. The minimum Gasteiger partial charge on any atom is -0.494 e. The maximum absolute atomic E-state index is 13.6. The van der Waals surface area contributed by atoms with Crippen LogP contribution >= 0.6 is 11.8 Å². The van der Waals surface area contributed by atoms with E-state index in [1.807, 2.05) is 45.2 Å². The van der Waals surface area contributed by atoms with E-state index in [1.54, 1.807) is 48.5 Å². The summed E-state index contributed by atoms with van der Waals surface area (Å²) in [5.41, 5.74) is 2.89. The summed E-state index contributed by atoms with van der Waals surface area (Å²) in [7, 11) is -3.99. The molecule has 0 unspecified atom stereocenters. The van der Waals surface area contributed by atoms with Crippen molar-refractivity contribution in [3.8, 4) is 5.75 Å². The fourth-order valence-electron chi connectivity index (χ4n) is 3.39. The number of carbonyl (C=O) groups excluding carboxylic acids is 1. The van der Waals surface area contributed by atoms with Gasteiger partial charge in [0.1, 0.15) is 12.3 Å². The Balaban J connectivity index is 1.96. The van der Waals surface area contributed by atoms with Gasteiger partial charge >= 0.3 is 0 Å². The van der Waals surface area contributed by atoms with Crippen molar-refractivity contribution in [2.75, 3.05) is 29.0 Å². The van der Waals surface area contributed by atoms with Gasteiger partial charge in [0.05, 0.1) is 17.2 Å². The van der Waals surface area contributed by atoms with Crippen molar-refractivity contribution in [2.24, 2.45) is 0 Å². The number of rotatable bonds is 9. The van der Waals surface area contributed by atoms with E-state index in [-0.39, 0.29) is 11.4 Å². The van der Waals surface area contributed by atoms with Crippen molar-refractivity contribution in [2.45, 2.75) is 30.6 Å². The van der Waals surface area contributed by atoms with Crippen LogP contribution in [0.25, 0.3) is 0 Å². The normalized spacial score (nSPS) is 11.2.